The highest BCUT2D eigenvalue weighted by molar-refractivity contribution is 5.84. The maximum Gasteiger partial charge on any atom is 0.241 e. The Morgan fingerprint density at radius 3 is 2.60 bits per heavy atom. The van der Waals surface area contributed by atoms with E-state index in [4.69, 9.17) is 4.74 Å². The maximum absolute atomic E-state index is 12.4. The minimum atomic E-state index is -0.00539. The molecule has 1 fully saturated rings. The molecule has 2 unspecified atom stereocenters. The molecule has 20 heavy (non-hydrogen) atoms. The first-order valence-electron chi connectivity index (χ1n) is 7.76. The van der Waals surface area contributed by atoms with E-state index in [0.29, 0.717) is 25.7 Å². The Bertz CT molecular complexity index is 295. The quantitative estimate of drug-likeness (QED) is 0.646. The van der Waals surface area contributed by atoms with E-state index < -0.39 is 0 Å². The van der Waals surface area contributed by atoms with Gasteiger partial charge in [-0.25, -0.2) is 0 Å². The molecule has 1 N–H and O–H groups in total. The average Bonchev–Trinajstić information content (AvgIpc) is 2.67. The van der Waals surface area contributed by atoms with Gasteiger partial charge in [-0.2, -0.15) is 0 Å². The van der Waals surface area contributed by atoms with Crippen LogP contribution in [0.15, 0.2) is 0 Å². The lowest BCUT2D eigenvalue weighted by Gasteiger charge is -2.27. The summed E-state index contributed by atoms with van der Waals surface area (Å²) in [5, 5.41) is 3.46. The van der Waals surface area contributed by atoms with Crippen LogP contribution in [0.5, 0.6) is 0 Å². The summed E-state index contributed by atoms with van der Waals surface area (Å²) < 4.78 is 5.61. The van der Waals surface area contributed by atoms with Crippen LogP contribution < -0.4 is 5.32 Å². The SMILES string of the molecule is CCCC1NC(C(C)C)N(CCOCCN(C)C)C1=O. The fraction of sp³-hybridized carbons (Fsp3) is 0.933. The number of carbonyl (C=O) groups excluding carboxylic acids is 1. The lowest BCUT2D eigenvalue weighted by Crippen LogP contribution is -2.43. The summed E-state index contributed by atoms with van der Waals surface area (Å²) in [7, 11) is 4.06. The number of carbonyl (C=O) groups is 1. The normalized spacial score (nSPS) is 23.4. The third-order valence-corrected chi connectivity index (χ3v) is 3.66. The smallest absolute Gasteiger partial charge is 0.241 e. The molecule has 0 aromatic heterocycles. The van der Waals surface area contributed by atoms with Gasteiger partial charge in [-0.3, -0.25) is 10.1 Å². The van der Waals surface area contributed by atoms with Gasteiger partial charge in [0.1, 0.15) is 0 Å². The van der Waals surface area contributed by atoms with Crippen LogP contribution >= 0.6 is 0 Å². The van der Waals surface area contributed by atoms with E-state index in [2.05, 4.69) is 31.0 Å². The Labute approximate surface area is 123 Å². The van der Waals surface area contributed by atoms with Crippen molar-refractivity contribution < 1.29 is 9.53 Å². The first kappa shape index (κ1) is 17.4. The molecular formula is C15H31N3O2. The summed E-state index contributed by atoms with van der Waals surface area (Å²) in [6, 6.07) is -0.00539. The number of likely N-dealkylation sites (N-methyl/N-ethyl adjacent to an activating group) is 1. The predicted molar refractivity (Wildman–Crippen MR) is 81.5 cm³/mol. The molecular weight excluding hydrogens is 254 g/mol. The van der Waals surface area contributed by atoms with E-state index in [1.54, 1.807) is 0 Å². The molecule has 1 heterocycles. The second-order valence-corrected chi connectivity index (χ2v) is 6.14. The number of amides is 1. The number of rotatable bonds is 9. The van der Waals surface area contributed by atoms with Gasteiger partial charge in [0, 0.05) is 13.1 Å². The number of hydrogen-bond donors (Lipinski definition) is 1. The van der Waals surface area contributed by atoms with Crippen molar-refractivity contribution in [1.82, 2.24) is 15.1 Å². The van der Waals surface area contributed by atoms with Gasteiger partial charge in [-0.15, -0.1) is 0 Å². The van der Waals surface area contributed by atoms with Crippen molar-refractivity contribution in [3.63, 3.8) is 0 Å². The first-order chi connectivity index (χ1) is 9.47. The van der Waals surface area contributed by atoms with E-state index >= 15 is 0 Å². The zero-order chi connectivity index (χ0) is 15.1. The van der Waals surface area contributed by atoms with Gasteiger partial charge in [-0.1, -0.05) is 27.2 Å². The predicted octanol–water partition coefficient (Wildman–Crippen LogP) is 1.15. The van der Waals surface area contributed by atoms with Gasteiger partial charge in [0.05, 0.1) is 25.4 Å². The molecule has 0 saturated carbocycles. The van der Waals surface area contributed by atoms with Gasteiger partial charge in [-0.05, 0) is 26.4 Å². The van der Waals surface area contributed by atoms with Crippen molar-refractivity contribution in [3.8, 4) is 0 Å². The van der Waals surface area contributed by atoms with Crippen molar-refractivity contribution in [2.24, 2.45) is 5.92 Å². The van der Waals surface area contributed by atoms with Gasteiger partial charge in [0.2, 0.25) is 5.91 Å². The largest absolute Gasteiger partial charge is 0.378 e. The summed E-state index contributed by atoms with van der Waals surface area (Å²) >= 11 is 0. The first-order valence-corrected chi connectivity index (χ1v) is 7.76. The van der Waals surface area contributed by atoms with Gasteiger partial charge >= 0.3 is 0 Å². The topological polar surface area (TPSA) is 44.8 Å². The molecule has 118 valence electrons. The molecule has 0 radical (unpaired) electrons. The van der Waals surface area contributed by atoms with Crippen LogP contribution in [0.4, 0.5) is 0 Å². The maximum atomic E-state index is 12.4. The van der Waals surface area contributed by atoms with E-state index in [0.717, 1.165) is 19.4 Å². The molecule has 0 aromatic carbocycles. The van der Waals surface area contributed by atoms with Crippen LogP contribution in [0.1, 0.15) is 33.6 Å². The molecule has 1 saturated heterocycles. The molecule has 0 aromatic rings. The third-order valence-electron chi connectivity index (χ3n) is 3.66. The Balaban J connectivity index is 2.41. The second-order valence-electron chi connectivity index (χ2n) is 6.14. The summed E-state index contributed by atoms with van der Waals surface area (Å²) in [5.74, 6) is 0.657. The monoisotopic (exact) mass is 285 g/mol. The molecule has 5 heteroatoms. The number of ether oxygens (including phenoxy) is 1. The fourth-order valence-corrected chi connectivity index (χ4v) is 2.51. The lowest BCUT2D eigenvalue weighted by molar-refractivity contribution is -0.131. The molecule has 1 rings (SSSR count). The Kier molecular flexibility index (Phi) is 7.48. The van der Waals surface area contributed by atoms with Crippen molar-refractivity contribution in [3.05, 3.63) is 0 Å². The molecule has 0 aliphatic carbocycles. The minimum absolute atomic E-state index is 0.00539. The van der Waals surface area contributed by atoms with E-state index in [9.17, 15) is 4.79 Å². The zero-order valence-electron chi connectivity index (χ0n) is 13.7. The van der Waals surface area contributed by atoms with Gasteiger partial charge in [0.15, 0.2) is 0 Å². The molecule has 5 nitrogen and oxygen atoms in total. The Morgan fingerprint density at radius 1 is 1.35 bits per heavy atom. The molecule has 0 bridgehead atoms. The van der Waals surface area contributed by atoms with Crippen LogP contribution in [-0.4, -0.2) is 68.3 Å². The van der Waals surface area contributed by atoms with Crippen molar-refractivity contribution in [2.75, 3.05) is 40.4 Å². The van der Waals surface area contributed by atoms with Crippen LogP contribution in [0.3, 0.4) is 0 Å². The van der Waals surface area contributed by atoms with Crippen LogP contribution in [0.2, 0.25) is 0 Å². The number of nitrogens with one attached hydrogen (secondary N) is 1. The highest BCUT2D eigenvalue weighted by atomic mass is 16.5. The third kappa shape index (κ3) is 5.04. The summed E-state index contributed by atoms with van der Waals surface area (Å²) in [5.41, 5.74) is 0. The minimum Gasteiger partial charge on any atom is -0.378 e. The standard InChI is InChI=1S/C15H31N3O2/c1-6-7-13-15(19)18(14(16-13)12(2)3)9-11-20-10-8-17(4)5/h12-14,16H,6-11H2,1-5H3. The Morgan fingerprint density at radius 2 is 2.05 bits per heavy atom. The lowest BCUT2D eigenvalue weighted by atomic mass is 10.1. The highest BCUT2D eigenvalue weighted by Gasteiger charge is 2.39. The number of nitrogens with zero attached hydrogens (tertiary/aromatic N) is 2. The van der Waals surface area contributed by atoms with E-state index in [1.807, 2.05) is 19.0 Å². The molecule has 1 amide bonds. The van der Waals surface area contributed by atoms with Crippen LogP contribution in [0, 0.1) is 5.92 Å². The molecule has 1 aliphatic heterocycles. The summed E-state index contributed by atoms with van der Waals surface area (Å²) in [6.07, 6.45) is 2.10. The summed E-state index contributed by atoms with van der Waals surface area (Å²) in [4.78, 5) is 16.4. The van der Waals surface area contributed by atoms with Crippen molar-refractivity contribution in [2.45, 2.75) is 45.8 Å². The van der Waals surface area contributed by atoms with Crippen molar-refractivity contribution in [1.29, 1.82) is 0 Å². The fourth-order valence-electron chi connectivity index (χ4n) is 2.51. The zero-order valence-corrected chi connectivity index (χ0v) is 13.7. The van der Waals surface area contributed by atoms with Crippen LogP contribution in [0.25, 0.3) is 0 Å². The molecule has 0 spiro atoms. The molecule has 2 atom stereocenters. The second kappa shape index (κ2) is 8.60. The molecule has 1 aliphatic rings. The van der Waals surface area contributed by atoms with Gasteiger partial charge in [0.25, 0.3) is 0 Å². The van der Waals surface area contributed by atoms with Crippen LogP contribution in [-0.2, 0) is 9.53 Å². The Hall–Kier alpha value is -0.650. The van der Waals surface area contributed by atoms with Gasteiger partial charge < -0.3 is 14.5 Å². The van der Waals surface area contributed by atoms with E-state index in [-0.39, 0.29) is 18.1 Å². The van der Waals surface area contributed by atoms with Crippen molar-refractivity contribution >= 4 is 5.91 Å². The highest BCUT2D eigenvalue weighted by Crippen LogP contribution is 2.19. The van der Waals surface area contributed by atoms with E-state index in [1.165, 1.54) is 0 Å². The number of hydrogen-bond acceptors (Lipinski definition) is 4. The average molecular weight is 285 g/mol. The summed E-state index contributed by atoms with van der Waals surface area (Å²) in [6.45, 7) is 9.35.